The Labute approximate surface area is 121 Å². The van der Waals surface area contributed by atoms with Gasteiger partial charge in [-0.25, -0.2) is 0 Å². The van der Waals surface area contributed by atoms with Crippen LogP contribution in [0.25, 0.3) is 0 Å². The molecule has 1 atom stereocenters. The molecule has 2 rings (SSSR count). The van der Waals surface area contributed by atoms with E-state index in [1.165, 1.54) is 5.56 Å². The molecule has 0 radical (unpaired) electrons. The molecule has 1 heterocycles. The standard InChI is InChI=1S/C15H22N2O.ClH/c1-11(2)14(12-6-4-3-5-7-12)10-17-15(18)13-8-16-9-13;/h3-7,11,13-14,16H,8-10H2,1-2H3,(H,17,18);1H. The van der Waals surface area contributed by atoms with Crippen molar-refractivity contribution in [2.45, 2.75) is 19.8 Å². The normalized spacial score (nSPS) is 16.4. The molecular weight excluding hydrogens is 260 g/mol. The number of hydrogen-bond donors (Lipinski definition) is 2. The molecule has 1 aliphatic heterocycles. The highest BCUT2D eigenvalue weighted by molar-refractivity contribution is 5.85. The molecule has 1 aromatic carbocycles. The van der Waals surface area contributed by atoms with E-state index in [4.69, 9.17) is 0 Å². The maximum absolute atomic E-state index is 11.8. The third-order valence-electron chi connectivity index (χ3n) is 3.68. The first-order valence-corrected chi connectivity index (χ1v) is 6.72. The molecule has 0 aliphatic carbocycles. The summed E-state index contributed by atoms with van der Waals surface area (Å²) in [5, 5.41) is 6.21. The van der Waals surface area contributed by atoms with Crippen LogP contribution in [0.2, 0.25) is 0 Å². The van der Waals surface area contributed by atoms with Gasteiger partial charge in [0, 0.05) is 25.6 Å². The van der Waals surface area contributed by atoms with Crippen LogP contribution in [-0.2, 0) is 4.79 Å². The van der Waals surface area contributed by atoms with Crippen molar-refractivity contribution in [1.82, 2.24) is 10.6 Å². The predicted octanol–water partition coefficient (Wildman–Crippen LogP) is 2.18. The summed E-state index contributed by atoms with van der Waals surface area (Å²) in [4.78, 5) is 11.8. The van der Waals surface area contributed by atoms with Gasteiger partial charge in [-0.1, -0.05) is 44.2 Å². The van der Waals surface area contributed by atoms with E-state index in [9.17, 15) is 4.79 Å². The summed E-state index contributed by atoms with van der Waals surface area (Å²) < 4.78 is 0. The number of amides is 1. The van der Waals surface area contributed by atoms with Crippen LogP contribution < -0.4 is 10.6 Å². The molecule has 1 saturated heterocycles. The fourth-order valence-corrected chi connectivity index (χ4v) is 2.27. The van der Waals surface area contributed by atoms with Crippen molar-refractivity contribution in [3.8, 4) is 0 Å². The van der Waals surface area contributed by atoms with Gasteiger partial charge in [0.15, 0.2) is 0 Å². The van der Waals surface area contributed by atoms with E-state index in [1.807, 2.05) is 6.07 Å². The third kappa shape index (κ3) is 4.22. The van der Waals surface area contributed by atoms with E-state index in [1.54, 1.807) is 0 Å². The second-order valence-corrected chi connectivity index (χ2v) is 5.36. The van der Waals surface area contributed by atoms with E-state index in [-0.39, 0.29) is 24.2 Å². The van der Waals surface area contributed by atoms with Gasteiger partial charge in [0.05, 0.1) is 5.92 Å². The van der Waals surface area contributed by atoms with Gasteiger partial charge in [0.1, 0.15) is 0 Å². The fourth-order valence-electron chi connectivity index (χ4n) is 2.27. The Morgan fingerprint density at radius 3 is 2.42 bits per heavy atom. The lowest BCUT2D eigenvalue weighted by atomic mass is 9.88. The molecule has 19 heavy (non-hydrogen) atoms. The Kier molecular flexibility index (Phi) is 6.32. The lowest BCUT2D eigenvalue weighted by molar-refractivity contribution is -0.126. The third-order valence-corrected chi connectivity index (χ3v) is 3.68. The monoisotopic (exact) mass is 282 g/mol. The maximum atomic E-state index is 11.8. The summed E-state index contributed by atoms with van der Waals surface area (Å²) in [6, 6.07) is 10.4. The van der Waals surface area contributed by atoms with Gasteiger partial charge in [-0.15, -0.1) is 12.4 Å². The van der Waals surface area contributed by atoms with Crippen molar-refractivity contribution in [2.75, 3.05) is 19.6 Å². The highest BCUT2D eigenvalue weighted by Crippen LogP contribution is 2.23. The summed E-state index contributed by atoms with van der Waals surface area (Å²) >= 11 is 0. The largest absolute Gasteiger partial charge is 0.355 e. The minimum atomic E-state index is 0. The number of carbonyl (C=O) groups excluding carboxylic acids is 1. The zero-order valence-electron chi connectivity index (χ0n) is 11.6. The van der Waals surface area contributed by atoms with Crippen LogP contribution in [0.3, 0.4) is 0 Å². The molecule has 1 amide bonds. The minimum Gasteiger partial charge on any atom is -0.355 e. The lowest BCUT2D eigenvalue weighted by Gasteiger charge is -2.28. The van der Waals surface area contributed by atoms with Crippen LogP contribution in [0.5, 0.6) is 0 Å². The fraction of sp³-hybridized carbons (Fsp3) is 0.533. The molecule has 0 bridgehead atoms. The van der Waals surface area contributed by atoms with Crippen molar-refractivity contribution in [2.24, 2.45) is 11.8 Å². The van der Waals surface area contributed by atoms with E-state index < -0.39 is 0 Å². The number of halogens is 1. The summed E-state index contributed by atoms with van der Waals surface area (Å²) in [6.45, 7) is 6.79. The van der Waals surface area contributed by atoms with Crippen LogP contribution in [0.1, 0.15) is 25.3 Å². The topological polar surface area (TPSA) is 41.1 Å². The quantitative estimate of drug-likeness (QED) is 0.869. The lowest BCUT2D eigenvalue weighted by Crippen LogP contribution is -2.51. The molecule has 0 spiro atoms. The van der Waals surface area contributed by atoms with Gasteiger partial charge in [-0.05, 0) is 11.5 Å². The van der Waals surface area contributed by atoms with Crippen molar-refractivity contribution in [3.63, 3.8) is 0 Å². The summed E-state index contributed by atoms with van der Waals surface area (Å²) in [7, 11) is 0. The molecule has 2 N–H and O–H groups in total. The molecule has 106 valence electrons. The zero-order valence-corrected chi connectivity index (χ0v) is 12.4. The summed E-state index contributed by atoms with van der Waals surface area (Å²) in [5.74, 6) is 1.28. The average molecular weight is 283 g/mol. The van der Waals surface area contributed by atoms with Crippen LogP contribution in [-0.4, -0.2) is 25.5 Å². The summed E-state index contributed by atoms with van der Waals surface area (Å²) in [5.41, 5.74) is 1.31. The first-order valence-electron chi connectivity index (χ1n) is 6.72. The Morgan fingerprint density at radius 2 is 1.95 bits per heavy atom. The zero-order chi connectivity index (χ0) is 13.0. The second kappa shape index (κ2) is 7.51. The van der Waals surface area contributed by atoms with Crippen molar-refractivity contribution < 1.29 is 4.79 Å². The molecule has 1 unspecified atom stereocenters. The van der Waals surface area contributed by atoms with Crippen LogP contribution in [0.4, 0.5) is 0 Å². The number of benzene rings is 1. The average Bonchev–Trinajstić information content (AvgIpc) is 2.28. The second-order valence-electron chi connectivity index (χ2n) is 5.36. The van der Waals surface area contributed by atoms with E-state index in [2.05, 4.69) is 48.7 Å². The Bertz CT molecular complexity index is 390. The number of carbonyl (C=O) groups is 1. The molecular formula is C15H23ClN2O. The van der Waals surface area contributed by atoms with Crippen LogP contribution in [0, 0.1) is 11.8 Å². The Hall–Kier alpha value is -1.06. The Balaban J connectivity index is 0.00000180. The first-order chi connectivity index (χ1) is 8.68. The van der Waals surface area contributed by atoms with Gasteiger partial charge in [-0.3, -0.25) is 4.79 Å². The molecule has 0 saturated carbocycles. The van der Waals surface area contributed by atoms with Gasteiger partial charge in [0.2, 0.25) is 5.91 Å². The van der Waals surface area contributed by atoms with Crippen LogP contribution in [0.15, 0.2) is 30.3 Å². The first kappa shape index (κ1) is 16.0. The summed E-state index contributed by atoms with van der Waals surface area (Å²) in [6.07, 6.45) is 0. The van der Waals surface area contributed by atoms with E-state index >= 15 is 0 Å². The SMILES string of the molecule is CC(C)C(CNC(=O)C1CNC1)c1ccccc1.Cl. The molecule has 4 heteroatoms. The van der Waals surface area contributed by atoms with E-state index in [0.717, 1.165) is 19.6 Å². The van der Waals surface area contributed by atoms with Gasteiger partial charge >= 0.3 is 0 Å². The van der Waals surface area contributed by atoms with E-state index in [0.29, 0.717) is 11.8 Å². The molecule has 1 fully saturated rings. The minimum absolute atomic E-state index is 0. The van der Waals surface area contributed by atoms with Crippen molar-refractivity contribution in [1.29, 1.82) is 0 Å². The maximum Gasteiger partial charge on any atom is 0.225 e. The van der Waals surface area contributed by atoms with Gasteiger partial charge < -0.3 is 10.6 Å². The molecule has 1 aromatic rings. The van der Waals surface area contributed by atoms with Crippen molar-refractivity contribution in [3.05, 3.63) is 35.9 Å². The highest BCUT2D eigenvalue weighted by Gasteiger charge is 2.25. The number of nitrogens with one attached hydrogen (secondary N) is 2. The van der Waals surface area contributed by atoms with Gasteiger partial charge in [0.25, 0.3) is 0 Å². The predicted molar refractivity (Wildman–Crippen MR) is 80.6 cm³/mol. The molecule has 0 aromatic heterocycles. The van der Waals surface area contributed by atoms with Gasteiger partial charge in [-0.2, -0.15) is 0 Å². The highest BCUT2D eigenvalue weighted by atomic mass is 35.5. The smallest absolute Gasteiger partial charge is 0.225 e. The Morgan fingerprint density at radius 1 is 1.32 bits per heavy atom. The molecule has 1 aliphatic rings. The molecule has 3 nitrogen and oxygen atoms in total. The van der Waals surface area contributed by atoms with Crippen LogP contribution >= 0.6 is 12.4 Å². The number of rotatable bonds is 5. The number of hydrogen-bond acceptors (Lipinski definition) is 2. The van der Waals surface area contributed by atoms with Crippen molar-refractivity contribution >= 4 is 18.3 Å².